The monoisotopic (exact) mass is 352 g/mol. The van der Waals surface area contributed by atoms with Crippen molar-refractivity contribution < 1.29 is 13.9 Å². The molecule has 3 nitrogen and oxygen atoms in total. The predicted molar refractivity (Wildman–Crippen MR) is 101 cm³/mol. The topological polar surface area (TPSA) is 31.6 Å². The van der Waals surface area contributed by atoms with Crippen LogP contribution in [0, 0.1) is 26.2 Å². The maximum Gasteiger partial charge on any atom is 0.161 e. The van der Waals surface area contributed by atoms with Crippen molar-refractivity contribution in [3.05, 3.63) is 68.8 Å². The Labute approximate surface area is 152 Å². The summed E-state index contributed by atoms with van der Waals surface area (Å²) in [7, 11) is 3.23. The summed E-state index contributed by atoms with van der Waals surface area (Å²) < 4.78 is 16.8. The minimum Gasteiger partial charge on any atom is -0.493 e. The Morgan fingerprint density at radius 2 is 1.76 bits per heavy atom. The van der Waals surface area contributed by atoms with Crippen molar-refractivity contribution in [3.8, 4) is 23.8 Å². The van der Waals surface area contributed by atoms with Gasteiger partial charge in [-0.1, -0.05) is 5.92 Å². The summed E-state index contributed by atoms with van der Waals surface area (Å²) in [5.41, 5.74) is 1.74. The molecule has 4 heteroatoms. The number of furan rings is 1. The van der Waals surface area contributed by atoms with Gasteiger partial charge in [-0.3, -0.25) is 0 Å². The van der Waals surface area contributed by atoms with Gasteiger partial charge in [0.25, 0.3) is 0 Å². The standard InChI is InChI=1S/C21H20O3S/c1-6-15-11-18(22-4)19(23-5)12-16(15)21(17-9-7-13(2)24-17)20-10-8-14(3)25-20/h1,7-12,21H,2-5H3. The van der Waals surface area contributed by atoms with E-state index in [-0.39, 0.29) is 5.92 Å². The normalized spacial score (nSPS) is 11.8. The molecule has 1 unspecified atom stereocenters. The van der Waals surface area contributed by atoms with Gasteiger partial charge in [-0.15, -0.1) is 17.8 Å². The van der Waals surface area contributed by atoms with E-state index < -0.39 is 0 Å². The Hall–Kier alpha value is -2.64. The third-order valence-electron chi connectivity index (χ3n) is 4.11. The van der Waals surface area contributed by atoms with E-state index in [0.717, 1.165) is 22.6 Å². The molecule has 128 valence electrons. The molecule has 2 heterocycles. The second-order valence-electron chi connectivity index (χ2n) is 5.77. The molecule has 0 N–H and O–H groups in total. The van der Waals surface area contributed by atoms with Crippen LogP contribution < -0.4 is 9.47 Å². The third kappa shape index (κ3) is 3.29. The zero-order chi connectivity index (χ0) is 18.0. The van der Waals surface area contributed by atoms with Crippen LogP contribution in [0.3, 0.4) is 0 Å². The van der Waals surface area contributed by atoms with E-state index in [0.29, 0.717) is 11.5 Å². The highest BCUT2D eigenvalue weighted by molar-refractivity contribution is 7.12. The summed E-state index contributed by atoms with van der Waals surface area (Å²) in [5.74, 6) is 5.71. The lowest BCUT2D eigenvalue weighted by molar-refractivity contribution is 0.354. The molecule has 0 bridgehead atoms. The van der Waals surface area contributed by atoms with Crippen molar-refractivity contribution in [1.82, 2.24) is 0 Å². The molecule has 0 saturated carbocycles. The van der Waals surface area contributed by atoms with Gasteiger partial charge in [-0.2, -0.15) is 0 Å². The lowest BCUT2D eigenvalue weighted by Crippen LogP contribution is -2.05. The Morgan fingerprint density at radius 1 is 1.04 bits per heavy atom. The molecule has 25 heavy (non-hydrogen) atoms. The van der Waals surface area contributed by atoms with E-state index in [1.165, 1.54) is 9.75 Å². The smallest absolute Gasteiger partial charge is 0.161 e. The fourth-order valence-electron chi connectivity index (χ4n) is 2.92. The van der Waals surface area contributed by atoms with Crippen molar-refractivity contribution >= 4 is 11.3 Å². The number of benzene rings is 1. The summed E-state index contributed by atoms with van der Waals surface area (Å²) in [6, 6.07) is 12.0. The van der Waals surface area contributed by atoms with Crippen molar-refractivity contribution in [2.24, 2.45) is 0 Å². The van der Waals surface area contributed by atoms with Crippen LogP contribution in [0.25, 0.3) is 0 Å². The van der Waals surface area contributed by atoms with E-state index in [1.54, 1.807) is 25.6 Å². The maximum atomic E-state index is 5.96. The maximum absolute atomic E-state index is 5.96. The molecule has 1 atom stereocenters. The minimum absolute atomic E-state index is 0.0849. The largest absolute Gasteiger partial charge is 0.493 e. The first kappa shape index (κ1) is 17.2. The highest BCUT2D eigenvalue weighted by Gasteiger charge is 2.25. The highest BCUT2D eigenvalue weighted by atomic mass is 32.1. The van der Waals surface area contributed by atoms with Gasteiger partial charge in [0.15, 0.2) is 11.5 Å². The number of hydrogen-bond donors (Lipinski definition) is 0. The van der Waals surface area contributed by atoms with E-state index in [2.05, 4.69) is 25.0 Å². The Balaban J connectivity index is 2.25. The minimum atomic E-state index is -0.0849. The van der Waals surface area contributed by atoms with Crippen molar-refractivity contribution in [2.45, 2.75) is 19.8 Å². The van der Waals surface area contributed by atoms with Crippen LogP contribution in [-0.2, 0) is 0 Å². The molecular formula is C21H20O3S. The summed E-state index contributed by atoms with van der Waals surface area (Å²) in [6.45, 7) is 4.03. The molecule has 0 fully saturated rings. The number of aryl methyl sites for hydroxylation is 2. The molecular weight excluding hydrogens is 332 g/mol. The lowest BCUT2D eigenvalue weighted by atomic mass is 9.90. The summed E-state index contributed by atoms with van der Waals surface area (Å²) in [6.07, 6.45) is 5.80. The molecule has 3 aromatic rings. The van der Waals surface area contributed by atoms with Gasteiger partial charge in [0, 0.05) is 15.3 Å². The summed E-state index contributed by atoms with van der Waals surface area (Å²) in [5, 5.41) is 0. The van der Waals surface area contributed by atoms with Gasteiger partial charge in [-0.05, 0) is 55.8 Å². The molecule has 0 aliphatic carbocycles. The van der Waals surface area contributed by atoms with Gasteiger partial charge in [-0.25, -0.2) is 0 Å². The average molecular weight is 352 g/mol. The Morgan fingerprint density at radius 3 is 2.28 bits per heavy atom. The zero-order valence-corrected chi connectivity index (χ0v) is 15.6. The second-order valence-corrected chi connectivity index (χ2v) is 7.09. The molecule has 0 aliphatic heterocycles. The third-order valence-corrected chi connectivity index (χ3v) is 5.18. The number of hydrogen-bond acceptors (Lipinski definition) is 4. The van der Waals surface area contributed by atoms with Crippen LogP contribution in [0.15, 0.2) is 40.8 Å². The van der Waals surface area contributed by atoms with Crippen LogP contribution in [0.1, 0.15) is 38.3 Å². The van der Waals surface area contributed by atoms with Crippen LogP contribution in [0.5, 0.6) is 11.5 Å². The Bertz CT molecular complexity index is 887. The number of ether oxygens (including phenoxy) is 2. The second kappa shape index (κ2) is 7.08. The van der Waals surface area contributed by atoms with Crippen molar-refractivity contribution in [3.63, 3.8) is 0 Å². The number of terminal acetylenes is 1. The fraction of sp³-hybridized carbons (Fsp3) is 0.238. The first-order valence-electron chi connectivity index (χ1n) is 7.92. The SMILES string of the molecule is C#Cc1cc(OC)c(OC)cc1C(c1ccc(C)o1)c1ccc(C)s1. The highest BCUT2D eigenvalue weighted by Crippen LogP contribution is 2.41. The Kier molecular flexibility index (Phi) is 4.87. The van der Waals surface area contributed by atoms with Crippen LogP contribution in [-0.4, -0.2) is 14.2 Å². The van der Waals surface area contributed by atoms with Crippen molar-refractivity contribution in [1.29, 1.82) is 0 Å². The summed E-state index contributed by atoms with van der Waals surface area (Å²) in [4.78, 5) is 2.42. The van der Waals surface area contributed by atoms with Gasteiger partial charge < -0.3 is 13.9 Å². The van der Waals surface area contributed by atoms with E-state index in [9.17, 15) is 0 Å². The number of rotatable bonds is 5. The van der Waals surface area contributed by atoms with E-state index in [4.69, 9.17) is 20.3 Å². The molecule has 3 rings (SSSR count). The molecule has 1 aromatic carbocycles. The van der Waals surface area contributed by atoms with E-state index in [1.807, 2.05) is 31.2 Å². The van der Waals surface area contributed by atoms with Gasteiger partial charge in [0.1, 0.15) is 11.5 Å². The zero-order valence-electron chi connectivity index (χ0n) is 14.8. The van der Waals surface area contributed by atoms with Crippen LogP contribution in [0.4, 0.5) is 0 Å². The first-order chi connectivity index (χ1) is 12.1. The fourth-order valence-corrected chi connectivity index (χ4v) is 3.93. The molecule has 0 spiro atoms. The molecule has 0 aliphatic rings. The van der Waals surface area contributed by atoms with Crippen LogP contribution >= 0.6 is 11.3 Å². The number of thiophene rings is 1. The average Bonchev–Trinajstić information content (AvgIpc) is 3.23. The summed E-state index contributed by atoms with van der Waals surface area (Å²) >= 11 is 1.74. The molecule has 0 amide bonds. The quantitative estimate of drug-likeness (QED) is 0.596. The van der Waals surface area contributed by atoms with Crippen LogP contribution in [0.2, 0.25) is 0 Å². The molecule has 0 radical (unpaired) electrons. The van der Waals surface area contributed by atoms with Gasteiger partial charge in [0.2, 0.25) is 0 Å². The first-order valence-corrected chi connectivity index (χ1v) is 8.74. The molecule has 0 saturated heterocycles. The van der Waals surface area contributed by atoms with Gasteiger partial charge in [0.05, 0.1) is 20.1 Å². The number of methoxy groups -OCH3 is 2. The lowest BCUT2D eigenvalue weighted by Gasteiger charge is -2.18. The van der Waals surface area contributed by atoms with E-state index >= 15 is 0 Å². The molecule has 2 aromatic heterocycles. The van der Waals surface area contributed by atoms with Crippen molar-refractivity contribution in [2.75, 3.05) is 14.2 Å². The predicted octanol–water partition coefficient (Wildman–Crippen LogP) is 5.14. The van der Waals surface area contributed by atoms with Gasteiger partial charge >= 0.3 is 0 Å².